The van der Waals surface area contributed by atoms with E-state index >= 15 is 0 Å². The molecule has 7 heteroatoms. The zero-order chi connectivity index (χ0) is 19.2. The molecule has 0 saturated carbocycles. The Labute approximate surface area is 163 Å². The van der Waals surface area contributed by atoms with Gasteiger partial charge in [-0.25, -0.2) is 9.97 Å². The summed E-state index contributed by atoms with van der Waals surface area (Å²) in [6.07, 6.45) is 7.21. The number of amides is 1. The molecule has 1 atom stereocenters. The molecular weight excluding hydrogens is 354 g/mol. The lowest BCUT2D eigenvalue weighted by molar-refractivity contribution is -0.131. The van der Waals surface area contributed by atoms with E-state index in [0.29, 0.717) is 36.3 Å². The van der Waals surface area contributed by atoms with Gasteiger partial charge in [0.25, 0.3) is 0 Å². The average molecular weight is 377 g/mol. The van der Waals surface area contributed by atoms with Gasteiger partial charge in [0.1, 0.15) is 0 Å². The molecule has 1 saturated heterocycles. The number of carbonyl (C=O) groups excluding carboxylic acids is 1. The second kappa shape index (κ2) is 8.73. The molecule has 1 fully saturated rings. The fourth-order valence-electron chi connectivity index (χ4n) is 3.64. The highest BCUT2D eigenvalue weighted by Crippen LogP contribution is 2.28. The van der Waals surface area contributed by atoms with E-state index in [-0.39, 0.29) is 5.91 Å². The van der Waals surface area contributed by atoms with Gasteiger partial charge in [-0.05, 0) is 36.8 Å². The van der Waals surface area contributed by atoms with Gasteiger partial charge in [-0.1, -0.05) is 35.5 Å². The predicted octanol–water partition coefficient (Wildman–Crippen LogP) is 3.26. The third-order valence-corrected chi connectivity index (χ3v) is 5.14. The molecule has 2 aromatic heterocycles. The van der Waals surface area contributed by atoms with Gasteiger partial charge in [-0.2, -0.15) is 4.98 Å². The molecule has 0 aliphatic carbocycles. The first-order valence-corrected chi connectivity index (χ1v) is 9.72. The van der Waals surface area contributed by atoms with Crippen molar-refractivity contribution in [2.75, 3.05) is 13.1 Å². The van der Waals surface area contributed by atoms with Crippen molar-refractivity contribution in [3.05, 3.63) is 60.2 Å². The Morgan fingerprint density at radius 2 is 1.86 bits per heavy atom. The van der Waals surface area contributed by atoms with Crippen LogP contribution in [0.3, 0.4) is 0 Å². The Balaban J connectivity index is 1.30. The molecule has 0 radical (unpaired) electrons. The van der Waals surface area contributed by atoms with Crippen LogP contribution < -0.4 is 0 Å². The van der Waals surface area contributed by atoms with Gasteiger partial charge < -0.3 is 9.42 Å². The maximum absolute atomic E-state index is 12.7. The van der Waals surface area contributed by atoms with Gasteiger partial charge in [0.2, 0.25) is 23.4 Å². The van der Waals surface area contributed by atoms with E-state index in [1.54, 1.807) is 18.5 Å². The Morgan fingerprint density at radius 1 is 1.04 bits per heavy atom. The molecule has 1 aliphatic heterocycles. The summed E-state index contributed by atoms with van der Waals surface area (Å²) < 4.78 is 5.24. The smallest absolute Gasteiger partial charge is 0.240 e. The molecule has 3 aromatic rings. The van der Waals surface area contributed by atoms with Gasteiger partial charge in [0.15, 0.2) is 0 Å². The molecule has 7 nitrogen and oxygen atoms in total. The van der Waals surface area contributed by atoms with Gasteiger partial charge in [0.05, 0.1) is 0 Å². The highest BCUT2D eigenvalue weighted by atomic mass is 16.5. The number of aryl methyl sites for hydroxylation is 1. The standard InChI is InChI=1S/C21H23N5O2/c27-19(10-9-18-24-21(25-28-18)20-22-12-5-13-23-20)26-14-4-8-17(11-15-26)16-6-2-1-3-7-16/h1-3,5-7,12-13,17H,4,8-11,14-15H2/t17-/m0/s1. The van der Waals surface area contributed by atoms with Crippen LogP contribution in [0.2, 0.25) is 0 Å². The van der Waals surface area contributed by atoms with Crippen molar-refractivity contribution in [1.29, 1.82) is 0 Å². The monoisotopic (exact) mass is 377 g/mol. The molecule has 0 unspecified atom stereocenters. The van der Waals surface area contributed by atoms with Crippen LogP contribution in [-0.4, -0.2) is 44.0 Å². The normalized spacial score (nSPS) is 17.3. The molecule has 28 heavy (non-hydrogen) atoms. The van der Waals surface area contributed by atoms with Crippen LogP contribution in [-0.2, 0) is 11.2 Å². The fraction of sp³-hybridized carbons (Fsp3) is 0.381. The maximum atomic E-state index is 12.7. The van der Waals surface area contributed by atoms with E-state index in [9.17, 15) is 4.79 Å². The summed E-state index contributed by atoms with van der Waals surface area (Å²) in [5.74, 6) is 1.88. The van der Waals surface area contributed by atoms with Crippen LogP contribution in [0.4, 0.5) is 0 Å². The van der Waals surface area contributed by atoms with Gasteiger partial charge in [-0.3, -0.25) is 4.79 Å². The lowest BCUT2D eigenvalue weighted by Crippen LogP contribution is -2.32. The number of rotatable bonds is 5. The number of nitrogens with zero attached hydrogens (tertiary/aromatic N) is 5. The van der Waals surface area contributed by atoms with E-state index in [1.165, 1.54) is 5.56 Å². The van der Waals surface area contributed by atoms with Crippen molar-refractivity contribution in [3.8, 4) is 11.6 Å². The zero-order valence-corrected chi connectivity index (χ0v) is 15.7. The van der Waals surface area contributed by atoms with Crippen LogP contribution >= 0.6 is 0 Å². The van der Waals surface area contributed by atoms with E-state index in [4.69, 9.17) is 4.52 Å². The number of hydrogen-bond donors (Lipinski definition) is 0. The second-order valence-corrected chi connectivity index (χ2v) is 7.00. The predicted molar refractivity (Wildman–Crippen MR) is 103 cm³/mol. The van der Waals surface area contributed by atoms with Crippen molar-refractivity contribution in [3.63, 3.8) is 0 Å². The first kappa shape index (κ1) is 18.3. The van der Waals surface area contributed by atoms with Gasteiger partial charge in [-0.15, -0.1) is 0 Å². The topological polar surface area (TPSA) is 85.0 Å². The van der Waals surface area contributed by atoms with Gasteiger partial charge >= 0.3 is 0 Å². The molecule has 0 spiro atoms. The summed E-state index contributed by atoms with van der Waals surface area (Å²) in [4.78, 5) is 27.1. The number of carbonyl (C=O) groups is 1. The minimum atomic E-state index is 0.143. The molecule has 1 aromatic carbocycles. The largest absolute Gasteiger partial charge is 0.343 e. The molecule has 0 bridgehead atoms. The average Bonchev–Trinajstić information content (AvgIpc) is 3.09. The zero-order valence-electron chi connectivity index (χ0n) is 15.7. The van der Waals surface area contributed by atoms with Crippen LogP contribution in [0.1, 0.15) is 43.1 Å². The van der Waals surface area contributed by atoms with Crippen LogP contribution in [0.15, 0.2) is 53.3 Å². The van der Waals surface area contributed by atoms with Crippen molar-refractivity contribution in [1.82, 2.24) is 25.0 Å². The Kier molecular flexibility index (Phi) is 5.70. The summed E-state index contributed by atoms with van der Waals surface area (Å²) in [5, 5.41) is 3.90. The third-order valence-electron chi connectivity index (χ3n) is 5.14. The summed E-state index contributed by atoms with van der Waals surface area (Å²) in [7, 11) is 0. The van der Waals surface area contributed by atoms with E-state index in [1.807, 2.05) is 11.0 Å². The fourth-order valence-corrected chi connectivity index (χ4v) is 3.64. The minimum absolute atomic E-state index is 0.143. The molecule has 3 heterocycles. The number of benzene rings is 1. The third kappa shape index (κ3) is 4.42. The SMILES string of the molecule is O=C(CCc1nc(-c2ncccn2)no1)N1CCC[C@H](c2ccccc2)CC1. The van der Waals surface area contributed by atoms with Crippen molar-refractivity contribution in [2.45, 2.75) is 38.0 Å². The summed E-state index contributed by atoms with van der Waals surface area (Å²) in [5.41, 5.74) is 1.37. The molecule has 1 aliphatic rings. The lowest BCUT2D eigenvalue weighted by atomic mass is 9.92. The quantitative estimate of drug-likeness (QED) is 0.678. The summed E-state index contributed by atoms with van der Waals surface area (Å²) >= 11 is 0. The highest BCUT2D eigenvalue weighted by Gasteiger charge is 2.22. The Morgan fingerprint density at radius 3 is 2.68 bits per heavy atom. The lowest BCUT2D eigenvalue weighted by Gasteiger charge is -2.20. The van der Waals surface area contributed by atoms with E-state index in [0.717, 1.165) is 32.4 Å². The molecule has 0 N–H and O–H groups in total. The van der Waals surface area contributed by atoms with Crippen molar-refractivity contribution >= 4 is 5.91 Å². The van der Waals surface area contributed by atoms with E-state index in [2.05, 4.69) is 44.4 Å². The molecule has 144 valence electrons. The van der Waals surface area contributed by atoms with Crippen LogP contribution in [0.5, 0.6) is 0 Å². The minimum Gasteiger partial charge on any atom is -0.343 e. The number of hydrogen-bond acceptors (Lipinski definition) is 6. The Hall–Kier alpha value is -3.09. The first-order chi connectivity index (χ1) is 13.8. The second-order valence-electron chi connectivity index (χ2n) is 7.00. The van der Waals surface area contributed by atoms with Crippen molar-refractivity contribution in [2.24, 2.45) is 0 Å². The van der Waals surface area contributed by atoms with E-state index < -0.39 is 0 Å². The maximum Gasteiger partial charge on any atom is 0.240 e. The number of likely N-dealkylation sites (tertiary alicyclic amines) is 1. The number of aromatic nitrogens is 4. The summed E-state index contributed by atoms with van der Waals surface area (Å²) in [6, 6.07) is 12.3. The van der Waals surface area contributed by atoms with Gasteiger partial charge in [0, 0.05) is 38.3 Å². The first-order valence-electron chi connectivity index (χ1n) is 9.72. The molecule has 1 amide bonds. The van der Waals surface area contributed by atoms with Crippen LogP contribution in [0.25, 0.3) is 11.6 Å². The molecule has 4 rings (SSSR count). The van der Waals surface area contributed by atoms with Crippen LogP contribution in [0, 0.1) is 0 Å². The van der Waals surface area contributed by atoms with Crippen molar-refractivity contribution < 1.29 is 9.32 Å². The molecular formula is C21H23N5O2. The Bertz CT molecular complexity index is 897. The summed E-state index contributed by atoms with van der Waals surface area (Å²) in [6.45, 7) is 1.61. The highest BCUT2D eigenvalue weighted by molar-refractivity contribution is 5.76.